The van der Waals surface area contributed by atoms with Crippen molar-refractivity contribution in [2.45, 2.75) is 0 Å². The first-order chi connectivity index (χ1) is 6.36. The van der Waals surface area contributed by atoms with Gasteiger partial charge in [-0.05, 0) is 12.1 Å². The normalized spacial score (nSPS) is 10.2. The SMILES string of the molecule is COc1ccc(C=O)c2nc[nH]c12. The van der Waals surface area contributed by atoms with Crippen LogP contribution in [-0.2, 0) is 0 Å². The standard InChI is InChI=1S/C9H8N2O2/c1-13-7-3-2-6(4-12)8-9(7)11-5-10-8/h2-5H,1H3,(H,10,11). The molecule has 0 bridgehead atoms. The van der Waals surface area contributed by atoms with Crippen molar-refractivity contribution in [1.82, 2.24) is 9.97 Å². The second-order valence-corrected chi connectivity index (χ2v) is 2.60. The molecule has 1 aromatic carbocycles. The Morgan fingerprint density at radius 2 is 2.38 bits per heavy atom. The van der Waals surface area contributed by atoms with Gasteiger partial charge in [0.15, 0.2) is 6.29 Å². The average molecular weight is 176 g/mol. The smallest absolute Gasteiger partial charge is 0.152 e. The number of aromatic amines is 1. The van der Waals surface area contributed by atoms with Gasteiger partial charge in [-0.25, -0.2) is 4.98 Å². The highest BCUT2D eigenvalue weighted by Gasteiger charge is 2.07. The number of carbonyl (C=O) groups is 1. The average Bonchev–Trinajstić information content (AvgIpc) is 2.64. The highest BCUT2D eigenvalue weighted by molar-refractivity contribution is 5.96. The molecule has 13 heavy (non-hydrogen) atoms. The van der Waals surface area contributed by atoms with Crippen molar-refractivity contribution in [1.29, 1.82) is 0 Å². The van der Waals surface area contributed by atoms with Gasteiger partial charge >= 0.3 is 0 Å². The maximum atomic E-state index is 10.6. The first kappa shape index (κ1) is 7.79. The maximum Gasteiger partial charge on any atom is 0.152 e. The predicted octanol–water partition coefficient (Wildman–Crippen LogP) is 1.38. The molecule has 66 valence electrons. The number of imidazole rings is 1. The number of carbonyl (C=O) groups excluding carboxylic acids is 1. The lowest BCUT2D eigenvalue weighted by Crippen LogP contribution is -1.88. The third-order valence-electron chi connectivity index (χ3n) is 1.92. The van der Waals surface area contributed by atoms with Gasteiger partial charge in [-0.3, -0.25) is 4.79 Å². The largest absolute Gasteiger partial charge is 0.494 e. The molecule has 0 aliphatic heterocycles. The summed E-state index contributed by atoms with van der Waals surface area (Å²) in [6.07, 6.45) is 2.32. The van der Waals surface area contributed by atoms with Gasteiger partial charge in [-0.1, -0.05) is 0 Å². The molecule has 2 aromatic rings. The highest BCUT2D eigenvalue weighted by atomic mass is 16.5. The van der Waals surface area contributed by atoms with Crippen LogP contribution in [0.2, 0.25) is 0 Å². The highest BCUT2D eigenvalue weighted by Crippen LogP contribution is 2.24. The van der Waals surface area contributed by atoms with Crippen LogP contribution in [0.4, 0.5) is 0 Å². The van der Waals surface area contributed by atoms with Crippen LogP contribution in [0.3, 0.4) is 0 Å². The number of aromatic nitrogens is 2. The van der Waals surface area contributed by atoms with Gasteiger partial charge in [-0.15, -0.1) is 0 Å². The van der Waals surface area contributed by atoms with E-state index in [9.17, 15) is 4.79 Å². The van der Waals surface area contributed by atoms with E-state index in [1.54, 1.807) is 25.6 Å². The van der Waals surface area contributed by atoms with Crippen LogP contribution < -0.4 is 4.74 Å². The van der Waals surface area contributed by atoms with Crippen LogP contribution in [0, 0.1) is 0 Å². The summed E-state index contributed by atoms with van der Waals surface area (Å²) in [6, 6.07) is 3.43. The Bertz CT molecular complexity index is 448. The molecule has 1 aromatic heterocycles. The number of nitrogens with zero attached hydrogens (tertiary/aromatic N) is 1. The minimum Gasteiger partial charge on any atom is -0.494 e. The van der Waals surface area contributed by atoms with Gasteiger partial charge in [0.1, 0.15) is 16.8 Å². The van der Waals surface area contributed by atoms with Gasteiger partial charge in [0, 0.05) is 5.56 Å². The number of benzene rings is 1. The molecule has 0 unspecified atom stereocenters. The number of hydrogen-bond donors (Lipinski definition) is 1. The summed E-state index contributed by atoms with van der Waals surface area (Å²) in [6.45, 7) is 0. The Kier molecular flexibility index (Phi) is 1.73. The summed E-state index contributed by atoms with van der Waals surface area (Å²) >= 11 is 0. The maximum absolute atomic E-state index is 10.6. The van der Waals surface area contributed by atoms with E-state index in [4.69, 9.17) is 4.74 Å². The van der Waals surface area contributed by atoms with Crippen molar-refractivity contribution in [2.75, 3.05) is 7.11 Å². The number of fused-ring (bicyclic) bond motifs is 1. The third kappa shape index (κ3) is 1.07. The van der Waals surface area contributed by atoms with Crippen LogP contribution in [0.15, 0.2) is 18.5 Å². The molecular formula is C9H8N2O2. The molecule has 2 rings (SSSR count). The molecule has 0 fully saturated rings. The zero-order valence-electron chi connectivity index (χ0n) is 7.07. The van der Waals surface area contributed by atoms with Crippen molar-refractivity contribution in [2.24, 2.45) is 0 Å². The van der Waals surface area contributed by atoms with E-state index >= 15 is 0 Å². The Balaban J connectivity index is 2.81. The van der Waals surface area contributed by atoms with E-state index in [1.807, 2.05) is 0 Å². The quantitative estimate of drug-likeness (QED) is 0.703. The van der Waals surface area contributed by atoms with Crippen molar-refractivity contribution in [3.63, 3.8) is 0 Å². The Morgan fingerprint density at radius 3 is 3.08 bits per heavy atom. The molecule has 1 N–H and O–H groups in total. The summed E-state index contributed by atoms with van der Waals surface area (Å²) in [4.78, 5) is 17.6. The van der Waals surface area contributed by atoms with Crippen molar-refractivity contribution in [3.8, 4) is 5.75 Å². The van der Waals surface area contributed by atoms with Gasteiger partial charge in [0.05, 0.1) is 13.4 Å². The Hall–Kier alpha value is -1.84. The first-order valence-electron chi connectivity index (χ1n) is 3.82. The first-order valence-corrected chi connectivity index (χ1v) is 3.82. The van der Waals surface area contributed by atoms with Gasteiger partial charge in [0.2, 0.25) is 0 Å². The summed E-state index contributed by atoms with van der Waals surface area (Å²) in [5.74, 6) is 0.693. The number of aldehydes is 1. The lowest BCUT2D eigenvalue weighted by Gasteiger charge is -2.00. The van der Waals surface area contributed by atoms with E-state index in [0.717, 1.165) is 11.8 Å². The zero-order valence-corrected chi connectivity index (χ0v) is 7.07. The molecule has 0 aliphatic carbocycles. The monoisotopic (exact) mass is 176 g/mol. The number of methoxy groups -OCH3 is 1. The topological polar surface area (TPSA) is 55.0 Å². The molecule has 0 saturated carbocycles. The second-order valence-electron chi connectivity index (χ2n) is 2.60. The molecule has 4 heteroatoms. The van der Waals surface area contributed by atoms with E-state index < -0.39 is 0 Å². The zero-order chi connectivity index (χ0) is 9.26. The molecule has 0 atom stereocenters. The molecule has 4 nitrogen and oxygen atoms in total. The van der Waals surface area contributed by atoms with Crippen molar-refractivity contribution < 1.29 is 9.53 Å². The summed E-state index contributed by atoms with van der Waals surface area (Å²) in [5, 5.41) is 0. The lowest BCUT2D eigenvalue weighted by molar-refractivity contribution is 0.112. The molecule has 0 spiro atoms. The Labute approximate surface area is 74.5 Å². The number of ether oxygens (including phenoxy) is 1. The van der Waals surface area contributed by atoms with Crippen LogP contribution in [0.1, 0.15) is 10.4 Å². The molecule has 0 aliphatic rings. The Morgan fingerprint density at radius 1 is 1.54 bits per heavy atom. The third-order valence-corrected chi connectivity index (χ3v) is 1.92. The lowest BCUT2D eigenvalue weighted by atomic mass is 10.2. The minimum absolute atomic E-state index is 0.567. The molecule has 0 saturated heterocycles. The predicted molar refractivity (Wildman–Crippen MR) is 48.0 cm³/mol. The molecule has 0 radical (unpaired) electrons. The summed E-state index contributed by atoms with van der Waals surface area (Å²) in [5.41, 5.74) is 1.97. The van der Waals surface area contributed by atoms with Gasteiger partial charge in [-0.2, -0.15) is 0 Å². The van der Waals surface area contributed by atoms with E-state index in [-0.39, 0.29) is 0 Å². The summed E-state index contributed by atoms with van der Waals surface area (Å²) < 4.78 is 5.10. The second kappa shape index (κ2) is 2.90. The summed E-state index contributed by atoms with van der Waals surface area (Å²) in [7, 11) is 1.58. The number of rotatable bonds is 2. The number of nitrogens with one attached hydrogen (secondary N) is 1. The van der Waals surface area contributed by atoms with E-state index in [0.29, 0.717) is 16.8 Å². The van der Waals surface area contributed by atoms with Gasteiger partial charge in [0.25, 0.3) is 0 Å². The van der Waals surface area contributed by atoms with E-state index in [2.05, 4.69) is 9.97 Å². The molecule has 0 amide bonds. The van der Waals surface area contributed by atoms with Gasteiger partial charge < -0.3 is 9.72 Å². The van der Waals surface area contributed by atoms with Crippen LogP contribution in [-0.4, -0.2) is 23.4 Å². The number of H-pyrrole nitrogens is 1. The fourth-order valence-corrected chi connectivity index (χ4v) is 1.29. The van der Waals surface area contributed by atoms with Crippen molar-refractivity contribution in [3.05, 3.63) is 24.0 Å². The number of hydrogen-bond acceptors (Lipinski definition) is 3. The van der Waals surface area contributed by atoms with E-state index in [1.165, 1.54) is 0 Å². The fraction of sp³-hybridized carbons (Fsp3) is 0.111. The fourth-order valence-electron chi connectivity index (χ4n) is 1.29. The van der Waals surface area contributed by atoms with Crippen LogP contribution in [0.5, 0.6) is 5.75 Å². The van der Waals surface area contributed by atoms with Crippen molar-refractivity contribution >= 4 is 17.3 Å². The molecule has 1 heterocycles. The minimum atomic E-state index is 0.567. The van der Waals surface area contributed by atoms with Crippen LogP contribution >= 0.6 is 0 Å². The van der Waals surface area contributed by atoms with Crippen LogP contribution in [0.25, 0.3) is 11.0 Å². The molecular weight excluding hydrogens is 168 g/mol.